The third-order valence-electron chi connectivity index (χ3n) is 0. The molecular weight excluding hydrogens is 189 g/mol. The van der Waals surface area contributed by atoms with E-state index in [-0.39, 0.29) is 54.8 Å². The molecule has 0 saturated heterocycles. The normalized spacial score (nSPS) is 4.36. The van der Waals surface area contributed by atoms with Gasteiger partial charge in [0.15, 0.2) is 0 Å². The second-order valence-electron chi connectivity index (χ2n) is 0.500. The van der Waals surface area contributed by atoms with Crippen molar-refractivity contribution in [3.63, 3.8) is 0 Å². The van der Waals surface area contributed by atoms with Crippen molar-refractivity contribution >= 4 is 12.3 Å². The summed E-state index contributed by atoms with van der Waals surface area (Å²) in [4.78, 5) is 16.7. The van der Waals surface area contributed by atoms with Gasteiger partial charge in [-0.15, -0.1) is 0 Å². The largest absolute Gasteiger partial charge is 2.00 e. The number of carboxylic acid groups (broad SMARTS) is 4. The molecule has 0 rings (SSSR count). The first-order valence-electron chi connectivity index (χ1n) is 1.22. The fraction of sp³-hybridized carbons (Fsp3) is 0. The first kappa shape index (κ1) is 30.3. The van der Waals surface area contributed by atoms with Gasteiger partial charge in [0, 0.05) is 0 Å². The smallest absolute Gasteiger partial charge is 0.652 e. The minimum absolute atomic E-state index is 0. The number of hydrogen-bond acceptors (Lipinski definition) is 6. The van der Waals surface area contributed by atoms with Crippen LogP contribution in [0.5, 0.6) is 0 Å². The van der Waals surface area contributed by atoms with E-state index in [2.05, 4.69) is 0 Å². The topological polar surface area (TPSA) is 126 Å². The van der Waals surface area contributed by atoms with E-state index in [0.717, 1.165) is 0 Å². The molecule has 53 valence electrons. The van der Waals surface area contributed by atoms with Crippen LogP contribution in [0.25, 0.3) is 0 Å². The zero-order valence-electron chi connectivity index (χ0n) is 5.83. The second kappa shape index (κ2) is 22.5. The second-order valence-corrected chi connectivity index (χ2v) is 0.500. The molecule has 0 saturated carbocycles. The molecule has 0 aromatic heterocycles. The Morgan fingerprint density at radius 3 is 0.727 bits per heavy atom. The van der Waals surface area contributed by atoms with Gasteiger partial charge in [0.2, 0.25) is 0 Å². The predicted octanol–water partition coefficient (Wildman–Crippen LogP) is -10.9. The van der Waals surface area contributed by atoms with Gasteiger partial charge >= 0.3 is 54.8 Å². The van der Waals surface area contributed by atoms with Crippen LogP contribution in [0.15, 0.2) is 0 Å². The Morgan fingerprint density at radius 2 is 0.727 bits per heavy atom. The van der Waals surface area contributed by atoms with Gasteiger partial charge in [0.1, 0.15) is 0 Å². The molecule has 11 heavy (non-hydrogen) atoms. The Kier molecular flexibility index (Phi) is 61.7. The molecule has 0 aliphatic heterocycles. The van der Waals surface area contributed by atoms with Crippen molar-refractivity contribution in [2.75, 3.05) is 0 Å². The van der Waals surface area contributed by atoms with Crippen LogP contribution in [0, 0.1) is 0 Å². The molecule has 9 heteroatoms. The predicted molar refractivity (Wildman–Crippen MR) is 10.8 cm³/mol. The van der Waals surface area contributed by atoms with Gasteiger partial charge < -0.3 is 30.0 Å². The molecule has 0 bridgehead atoms. The Balaban J connectivity index is -0.0000000171. The Labute approximate surface area is 96.8 Å². The van der Waals surface area contributed by atoms with Crippen LogP contribution >= 0.6 is 0 Å². The minimum atomic E-state index is -2.33. The fourth-order valence-corrected chi connectivity index (χ4v) is 0. The number of carbonyl (C=O) groups is 2. The van der Waals surface area contributed by atoms with Crippen molar-refractivity contribution in [2.24, 2.45) is 0 Å². The monoisotopic (exact) mass is 189 g/mol. The zero-order chi connectivity index (χ0) is 7.15. The summed E-state index contributed by atoms with van der Waals surface area (Å²) in [6, 6.07) is 0. The minimum Gasteiger partial charge on any atom is -0.652 e. The summed E-state index contributed by atoms with van der Waals surface area (Å²) in [5, 5.41) is 33.3. The van der Waals surface area contributed by atoms with E-state index in [4.69, 9.17) is 30.0 Å². The Morgan fingerprint density at radius 1 is 0.727 bits per heavy atom. The zero-order valence-corrected chi connectivity index (χ0v) is 7.01. The van der Waals surface area contributed by atoms with Gasteiger partial charge in [-0.3, -0.25) is 0 Å². The summed E-state index contributed by atoms with van der Waals surface area (Å²) in [7, 11) is 0. The number of hydrogen-bond donors (Lipinski definition) is 0. The summed E-state index contributed by atoms with van der Waals surface area (Å²) in [6.07, 6.45) is -4.67. The van der Waals surface area contributed by atoms with E-state index in [9.17, 15) is 0 Å². The molecule has 0 amide bonds. The maximum absolute atomic E-state index is 8.33. The molecule has 0 aromatic rings. The molecule has 0 aromatic carbocycles. The van der Waals surface area contributed by atoms with Crippen LogP contribution in [0.3, 0.4) is 0 Å². The van der Waals surface area contributed by atoms with Gasteiger partial charge in [0.25, 0.3) is 0 Å². The maximum Gasteiger partial charge on any atom is 2.00 e. The van der Waals surface area contributed by atoms with Gasteiger partial charge in [-0.1, -0.05) is 0 Å². The standard InChI is InChI=1S/2CH2O3.2Li.Mn/c2*2-1(3)4;;;/h2*(H2,2,3,4);;;/q;;2*+1;+2/p-4. The van der Waals surface area contributed by atoms with E-state index in [1.54, 1.807) is 0 Å². The molecule has 0 heterocycles. The number of carbonyl (C=O) groups excluding carboxylic acids is 2. The molecule has 0 spiro atoms. The van der Waals surface area contributed by atoms with Crippen molar-refractivity contribution in [3.8, 4) is 0 Å². The van der Waals surface area contributed by atoms with Gasteiger partial charge in [-0.05, 0) is 12.3 Å². The number of rotatable bonds is 0. The van der Waals surface area contributed by atoms with Crippen LogP contribution in [0.1, 0.15) is 0 Å². The first-order chi connectivity index (χ1) is 3.46. The quantitative estimate of drug-likeness (QED) is 0.348. The average Bonchev–Trinajstić information content (AvgIpc) is 1.25. The Hall–Kier alpha value is 0.254. The summed E-state index contributed by atoms with van der Waals surface area (Å²) in [6.45, 7) is 0. The molecule has 6 nitrogen and oxygen atoms in total. The Bertz CT molecular complexity index is 76.6. The third kappa shape index (κ3) is 10800. The molecule has 0 unspecified atom stereocenters. The molecular formula is C2Li2MnO6. The van der Waals surface area contributed by atoms with Crippen LogP contribution < -0.4 is 58.1 Å². The molecule has 0 fully saturated rings. The van der Waals surface area contributed by atoms with E-state index in [1.807, 2.05) is 0 Å². The summed E-state index contributed by atoms with van der Waals surface area (Å²) in [5.74, 6) is 0. The fourth-order valence-electron chi connectivity index (χ4n) is 0. The van der Waals surface area contributed by atoms with Crippen molar-refractivity contribution in [1.82, 2.24) is 0 Å². The van der Waals surface area contributed by atoms with Crippen LogP contribution in [-0.4, -0.2) is 12.3 Å². The van der Waals surface area contributed by atoms with E-state index in [1.165, 1.54) is 0 Å². The molecule has 0 atom stereocenters. The van der Waals surface area contributed by atoms with E-state index in [0.29, 0.717) is 0 Å². The molecule has 0 N–H and O–H groups in total. The average molecular weight is 189 g/mol. The van der Waals surface area contributed by atoms with Crippen LogP contribution in [0.4, 0.5) is 9.59 Å². The van der Waals surface area contributed by atoms with Crippen LogP contribution in [0.2, 0.25) is 0 Å². The summed E-state index contributed by atoms with van der Waals surface area (Å²) >= 11 is 0. The first-order valence-corrected chi connectivity index (χ1v) is 1.22. The van der Waals surface area contributed by atoms with Gasteiger partial charge in [-0.2, -0.15) is 0 Å². The third-order valence-corrected chi connectivity index (χ3v) is 0. The van der Waals surface area contributed by atoms with Gasteiger partial charge in [0.05, 0.1) is 0 Å². The summed E-state index contributed by atoms with van der Waals surface area (Å²) in [5.41, 5.74) is 0. The summed E-state index contributed by atoms with van der Waals surface area (Å²) < 4.78 is 0. The molecule has 0 aliphatic carbocycles. The molecule has 0 aliphatic rings. The van der Waals surface area contributed by atoms with Gasteiger partial charge in [-0.25, -0.2) is 0 Å². The molecule has 1 radical (unpaired) electrons. The van der Waals surface area contributed by atoms with Crippen molar-refractivity contribution in [2.45, 2.75) is 0 Å². The van der Waals surface area contributed by atoms with Crippen molar-refractivity contribution in [3.05, 3.63) is 0 Å². The van der Waals surface area contributed by atoms with E-state index >= 15 is 0 Å². The van der Waals surface area contributed by atoms with Crippen molar-refractivity contribution < 1.29 is 84.8 Å². The maximum atomic E-state index is 8.33. The van der Waals surface area contributed by atoms with Crippen LogP contribution in [-0.2, 0) is 17.1 Å². The van der Waals surface area contributed by atoms with E-state index < -0.39 is 12.3 Å². The van der Waals surface area contributed by atoms with Crippen molar-refractivity contribution in [1.29, 1.82) is 0 Å². The SMILES string of the molecule is O=C([O-])[O-].O=C([O-])[O-].[Li+].[Li+].[Mn+2].